The summed E-state index contributed by atoms with van der Waals surface area (Å²) in [6, 6.07) is 9.83. The zero-order valence-electron chi connectivity index (χ0n) is 16.7. The molecule has 0 saturated carbocycles. The molecule has 0 unspecified atom stereocenters. The monoisotopic (exact) mass is 437 g/mol. The first kappa shape index (κ1) is 20.5. The van der Waals surface area contributed by atoms with Crippen LogP contribution in [0.15, 0.2) is 59.8 Å². The molecule has 0 saturated heterocycles. The van der Waals surface area contributed by atoms with E-state index in [1.165, 1.54) is 0 Å². The topological polar surface area (TPSA) is 109 Å². The number of fused-ring (bicyclic) bond motifs is 1. The normalized spacial score (nSPS) is 10.9. The van der Waals surface area contributed by atoms with Gasteiger partial charge in [-0.05, 0) is 42.8 Å². The number of H-pyrrole nitrogens is 1. The van der Waals surface area contributed by atoms with Crippen LogP contribution in [0, 0.1) is 0 Å². The van der Waals surface area contributed by atoms with Crippen molar-refractivity contribution in [1.29, 1.82) is 0 Å². The number of aromatic amines is 1. The fraction of sp³-hybridized carbons (Fsp3) is 0.190. The Balaban J connectivity index is 1.59. The van der Waals surface area contributed by atoms with Crippen molar-refractivity contribution in [3.05, 3.63) is 76.2 Å². The fourth-order valence-electron chi connectivity index (χ4n) is 3.20. The van der Waals surface area contributed by atoms with Gasteiger partial charge in [0, 0.05) is 30.2 Å². The Hall–Kier alpha value is -3.72. The van der Waals surface area contributed by atoms with E-state index in [0.717, 1.165) is 6.42 Å². The van der Waals surface area contributed by atoms with Crippen molar-refractivity contribution in [3.63, 3.8) is 0 Å². The molecule has 0 fully saturated rings. The van der Waals surface area contributed by atoms with E-state index in [1.54, 1.807) is 64.6 Å². The highest BCUT2D eigenvalue weighted by Gasteiger charge is 2.18. The Morgan fingerprint density at radius 3 is 2.90 bits per heavy atom. The number of urea groups is 1. The maximum atomic E-state index is 13.0. The van der Waals surface area contributed by atoms with Gasteiger partial charge in [0.2, 0.25) is 0 Å². The number of aromatic nitrogens is 5. The van der Waals surface area contributed by atoms with Crippen molar-refractivity contribution in [2.45, 2.75) is 19.9 Å². The number of anilines is 1. The van der Waals surface area contributed by atoms with Crippen LogP contribution in [0.4, 0.5) is 10.5 Å². The van der Waals surface area contributed by atoms with Crippen LogP contribution in [-0.4, -0.2) is 42.2 Å². The lowest BCUT2D eigenvalue weighted by Gasteiger charge is -2.22. The van der Waals surface area contributed by atoms with E-state index in [9.17, 15) is 9.59 Å². The van der Waals surface area contributed by atoms with Gasteiger partial charge in [0.1, 0.15) is 5.82 Å². The molecule has 4 aromatic rings. The van der Waals surface area contributed by atoms with Crippen LogP contribution in [0.25, 0.3) is 16.7 Å². The Labute approximate surface area is 182 Å². The Morgan fingerprint density at radius 1 is 1.26 bits per heavy atom. The number of nitrogens with zero attached hydrogens (tertiary/aromatic N) is 5. The van der Waals surface area contributed by atoms with E-state index in [1.807, 2.05) is 6.92 Å². The molecule has 31 heavy (non-hydrogen) atoms. The minimum Gasteiger partial charge on any atom is -0.317 e. The second-order valence-corrected chi connectivity index (χ2v) is 7.29. The highest BCUT2D eigenvalue weighted by atomic mass is 35.5. The van der Waals surface area contributed by atoms with Crippen molar-refractivity contribution in [1.82, 2.24) is 29.6 Å². The predicted octanol–water partition coefficient (Wildman–Crippen LogP) is 3.60. The summed E-state index contributed by atoms with van der Waals surface area (Å²) in [5, 5.41) is 8.00. The summed E-state index contributed by atoms with van der Waals surface area (Å²) in [7, 11) is 0. The van der Waals surface area contributed by atoms with E-state index in [-0.39, 0.29) is 18.1 Å². The molecule has 3 heterocycles. The van der Waals surface area contributed by atoms with Crippen molar-refractivity contribution in [2.75, 3.05) is 11.9 Å². The van der Waals surface area contributed by atoms with E-state index in [2.05, 4.69) is 25.4 Å². The molecule has 0 aliphatic heterocycles. The molecule has 0 bridgehead atoms. The number of amides is 2. The number of carbonyl (C=O) groups excluding carboxylic acids is 1. The van der Waals surface area contributed by atoms with Crippen molar-refractivity contribution >= 4 is 34.2 Å². The van der Waals surface area contributed by atoms with E-state index < -0.39 is 0 Å². The summed E-state index contributed by atoms with van der Waals surface area (Å²) in [6.07, 6.45) is 5.75. The quantitative estimate of drug-likeness (QED) is 0.479. The maximum absolute atomic E-state index is 13.0. The van der Waals surface area contributed by atoms with Gasteiger partial charge in [0.15, 0.2) is 5.82 Å². The van der Waals surface area contributed by atoms with Crippen LogP contribution in [0.3, 0.4) is 0 Å². The average Bonchev–Trinajstić information content (AvgIpc) is 3.28. The minimum absolute atomic E-state index is 0.134. The lowest BCUT2D eigenvalue weighted by Crippen LogP contribution is -2.36. The maximum Gasteiger partial charge on any atom is 0.322 e. The molecule has 158 valence electrons. The first-order valence-corrected chi connectivity index (χ1v) is 10.1. The van der Waals surface area contributed by atoms with Gasteiger partial charge >= 0.3 is 6.03 Å². The number of hydrogen-bond acceptors (Lipinski definition) is 5. The van der Waals surface area contributed by atoms with E-state index >= 15 is 0 Å². The van der Waals surface area contributed by atoms with Gasteiger partial charge < -0.3 is 15.2 Å². The van der Waals surface area contributed by atoms with Gasteiger partial charge in [0.05, 0.1) is 23.1 Å². The van der Waals surface area contributed by atoms with Crippen LogP contribution >= 0.6 is 11.6 Å². The molecule has 2 N–H and O–H groups in total. The summed E-state index contributed by atoms with van der Waals surface area (Å²) >= 11 is 6.04. The standard InChI is InChI=1S/C21H20ClN7O2/c1-2-10-28(13-18-25-17-12-14(22)6-7-15(17)20(30)27-18)21(31)26-16-5-3-8-23-19(16)29-11-4-9-24-29/h3-9,11-12H,2,10,13H2,1H3,(H,26,31)(H,25,27,30). The molecule has 10 heteroatoms. The summed E-state index contributed by atoms with van der Waals surface area (Å²) < 4.78 is 1.58. The van der Waals surface area contributed by atoms with Crippen LogP contribution in [0.2, 0.25) is 5.02 Å². The third kappa shape index (κ3) is 4.56. The summed E-state index contributed by atoms with van der Waals surface area (Å²) in [5.41, 5.74) is 0.724. The second kappa shape index (κ2) is 8.97. The molecular weight excluding hydrogens is 418 g/mol. The third-order valence-corrected chi connectivity index (χ3v) is 4.82. The number of hydrogen-bond donors (Lipinski definition) is 2. The Bertz CT molecular complexity index is 1270. The molecule has 3 aromatic heterocycles. The van der Waals surface area contributed by atoms with Gasteiger partial charge in [-0.3, -0.25) is 4.79 Å². The highest BCUT2D eigenvalue weighted by Crippen LogP contribution is 2.18. The van der Waals surface area contributed by atoms with Crippen LogP contribution in [0.5, 0.6) is 0 Å². The first-order chi connectivity index (χ1) is 15.0. The Morgan fingerprint density at radius 2 is 2.13 bits per heavy atom. The molecule has 0 aliphatic rings. The average molecular weight is 438 g/mol. The molecule has 0 spiro atoms. The predicted molar refractivity (Wildman–Crippen MR) is 118 cm³/mol. The first-order valence-electron chi connectivity index (χ1n) is 9.74. The van der Waals surface area contributed by atoms with Gasteiger partial charge in [0.25, 0.3) is 5.56 Å². The summed E-state index contributed by atoms with van der Waals surface area (Å²) in [5.74, 6) is 0.881. The molecule has 0 aliphatic carbocycles. The van der Waals surface area contributed by atoms with E-state index in [4.69, 9.17) is 11.6 Å². The zero-order valence-corrected chi connectivity index (χ0v) is 17.5. The number of halogens is 1. The van der Waals surface area contributed by atoms with Gasteiger partial charge in [-0.15, -0.1) is 0 Å². The van der Waals surface area contributed by atoms with Crippen LogP contribution < -0.4 is 10.9 Å². The molecular formula is C21H20ClN7O2. The third-order valence-electron chi connectivity index (χ3n) is 4.59. The minimum atomic E-state index is -0.336. The SMILES string of the molecule is CCCN(Cc1nc2cc(Cl)ccc2c(=O)[nH]1)C(=O)Nc1cccnc1-n1cccn1. The lowest BCUT2D eigenvalue weighted by molar-refractivity contribution is 0.207. The van der Waals surface area contributed by atoms with Crippen LogP contribution in [-0.2, 0) is 6.54 Å². The van der Waals surface area contributed by atoms with Crippen molar-refractivity contribution < 1.29 is 4.79 Å². The molecule has 1 aromatic carbocycles. The molecule has 2 amide bonds. The van der Waals surface area contributed by atoms with Crippen molar-refractivity contribution in [2.24, 2.45) is 0 Å². The highest BCUT2D eigenvalue weighted by molar-refractivity contribution is 6.31. The number of rotatable bonds is 6. The molecule has 0 radical (unpaired) electrons. The largest absolute Gasteiger partial charge is 0.322 e. The van der Waals surface area contributed by atoms with Crippen molar-refractivity contribution in [3.8, 4) is 5.82 Å². The lowest BCUT2D eigenvalue weighted by atomic mass is 10.2. The van der Waals surface area contributed by atoms with Crippen LogP contribution in [0.1, 0.15) is 19.2 Å². The smallest absolute Gasteiger partial charge is 0.317 e. The number of benzene rings is 1. The van der Waals surface area contributed by atoms with Gasteiger partial charge in [-0.1, -0.05) is 18.5 Å². The molecule has 4 rings (SSSR count). The number of pyridine rings is 1. The second-order valence-electron chi connectivity index (χ2n) is 6.85. The Kier molecular flexibility index (Phi) is 5.94. The summed E-state index contributed by atoms with van der Waals surface area (Å²) in [4.78, 5) is 38.6. The van der Waals surface area contributed by atoms with E-state index in [0.29, 0.717) is 39.8 Å². The molecule has 0 atom stereocenters. The number of nitrogens with one attached hydrogen (secondary N) is 2. The van der Waals surface area contributed by atoms with Gasteiger partial charge in [-0.2, -0.15) is 5.10 Å². The fourth-order valence-corrected chi connectivity index (χ4v) is 3.37. The zero-order chi connectivity index (χ0) is 21.8. The van der Waals surface area contributed by atoms with Gasteiger partial charge in [-0.25, -0.2) is 19.4 Å². The summed E-state index contributed by atoms with van der Waals surface area (Å²) in [6.45, 7) is 2.57. The number of carbonyl (C=O) groups is 1. The molecule has 9 nitrogen and oxygen atoms in total.